The fourth-order valence-corrected chi connectivity index (χ4v) is 2.62. The summed E-state index contributed by atoms with van der Waals surface area (Å²) in [6.45, 7) is 3.12. The van der Waals surface area contributed by atoms with Crippen LogP contribution in [0.25, 0.3) is 0 Å². The normalized spacial score (nSPS) is 11.3. The Kier molecular flexibility index (Phi) is 7.88. The molecule has 1 N–H and O–H groups in total. The maximum atomic E-state index is 12.4. The highest BCUT2D eigenvalue weighted by molar-refractivity contribution is 6.31. The lowest BCUT2D eigenvalue weighted by Crippen LogP contribution is -2.35. The van der Waals surface area contributed by atoms with Gasteiger partial charge in [-0.1, -0.05) is 29.8 Å². The Hall–Kier alpha value is -3.46. The van der Waals surface area contributed by atoms with Crippen molar-refractivity contribution in [3.05, 3.63) is 74.3 Å². The molecule has 1 amide bonds. The highest BCUT2D eigenvalue weighted by Crippen LogP contribution is 2.20. The minimum atomic E-state index is -1.19. The quantitative estimate of drug-likeness (QED) is 0.384. The van der Waals surface area contributed by atoms with Crippen molar-refractivity contribution in [2.45, 2.75) is 26.5 Å². The number of nitro groups is 1. The number of nitro benzene ring substituents is 1. The number of carbonyl (C=O) groups excluding carboxylic acids is 3. The first-order valence-electron chi connectivity index (χ1n) is 8.91. The van der Waals surface area contributed by atoms with Crippen LogP contribution in [-0.2, 0) is 20.8 Å². The Morgan fingerprint density at radius 2 is 1.77 bits per heavy atom. The first-order valence-corrected chi connectivity index (χ1v) is 9.29. The van der Waals surface area contributed by atoms with Crippen LogP contribution in [0.1, 0.15) is 40.1 Å². The Balaban J connectivity index is 2.10. The van der Waals surface area contributed by atoms with Gasteiger partial charge in [0.05, 0.1) is 22.7 Å². The number of amides is 1. The molecule has 0 fully saturated rings. The molecule has 0 heterocycles. The Bertz CT molecular complexity index is 977. The summed E-state index contributed by atoms with van der Waals surface area (Å²) in [6, 6.07) is 9.99. The number of non-ortho nitro benzene ring substituents is 1. The molecule has 0 aliphatic heterocycles. The van der Waals surface area contributed by atoms with E-state index in [2.05, 4.69) is 5.32 Å². The first-order chi connectivity index (χ1) is 14.2. The summed E-state index contributed by atoms with van der Waals surface area (Å²) < 4.78 is 9.90. The molecule has 2 rings (SSSR count). The van der Waals surface area contributed by atoms with Crippen molar-refractivity contribution in [3.8, 4) is 0 Å². The van der Waals surface area contributed by atoms with Crippen molar-refractivity contribution in [2.75, 3.05) is 6.61 Å². The molecule has 0 bridgehead atoms. The number of carbonyl (C=O) groups is 3. The van der Waals surface area contributed by atoms with E-state index in [1.165, 1.54) is 6.92 Å². The van der Waals surface area contributed by atoms with Crippen LogP contribution >= 0.6 is 11.6 Å². The number of ether oxygens (including phenoxy) is 2. The van der Waals surface area contributed by atoms with Crippen molar-refractivity contribution in [1.29, 1.82) is 0 Å². The predicted octanol–water partition coefficient (Wildman–Crippen LogP) is 3.29. The SMILES string of the molecule is CCOC(=O)c1cc(C(=O)OC(C)C(=O)NCc2ccccc2Cl)cc([N+](=O)[O-])c1. The van der Waals surface area contributed by atoms with Crippen LogP contribution in [0.3, 0.4) is 0 Å². The topological polar surface area (TPSA) is 125 Å². The van der Waals surface area contributed by atoms with Crippen LogP contribution in [0.4, 0.5) is 5.69 Å². The van der Waals surface area contributed by atoms with E-state index in [0.717, 1.165) is 18.2 Å². The van der Waals surface area contributed by atoms with E-state index < -0.39 is 34.6 Å². The van der Waals surface area contributed by atoms with E-state index in [0.29, 0.717) is 10.6 Å². The van der Waals surface area contributed by atoms with Gasteiger partial charge in [0.15, 0.2) is 6.10 Å². The van der Waals surface area contributed by atoms with Crippen LogP contribution in [0, 0.1) is 10.1 Å². The largest absolute Gasteiger partial charge is 0.462 e. The Morgan fingerprint density at radius 1 is 1.13 bits per heavy atom. The molecule has 0 spiro atoms. The summed E-state index contributed by atoms with van der Waals surface area (Å²) >= 11 is 6.03. The molecule has 0 radical (unpaired) electrons. The molecule has 2 aromatic rings. The smallest absolute Gasteiger partial charge is 0.339 e. The third kappa shape index (κ3) is 6.02. The average molecular weight is 435 g/mol. The third-order valence-corrected chi connectivity index (χ3v) is 4.31. The maximum absolute atomic E-state index is 12.4. The molecular formula is C20H19ClN2O7. The molecule has 1 atom stereocenters. The predicted molar refractivity (Wildman–Crippen MR) is 107 cm³/mol. The molecule has 0 aliphatic carbocycles. The first kappa shape index (κ1) is 22.8. The molecule has 30 heavy (non-hydrogen) atoms. The average Bonchev–Trinajstić information content (AvgIpc) is 2.72. The Labute approximate surface area is 177 Å². The van der Waals surface area contributed by atoms with Crippen LogP contribution in [-0.4, -0.2) is 35.5 Å². The number of benzene rings is 2. The van der Waals surface area contributed by atoms with Gasteiger partial charge in [0, 0.05) is 23.7 Å². The summed E-state index contributed by atoms with van der Waals surface area (Å²) in [5.41, 5.74) is -0.223. The third-order valence-electron chi connectivity index (χ3n) is 3.94. The zero-order valence-corrected chi connectivity index (χ0v) is 17.0. The van der Waals surface area contributed by atoms with Gasteiger partial charge in [-0.15, -0.1) is 0 Å². The van der Waals surface area contributed by atoms with E-state index in [4.69, 9.17) is 21.1 Å². The standard InChI is InChI=1S/C20H19ClN2O7/c1-3-29-19(25)14-8-15(10-16(9-14)23(27)28)20(26)30-12(2)18(24)22-11-13-6-4-5-7-17(13)21/h4-10,12H,3,11H2,1-2H3,(H,22,24). The van der Waals surface area contributed by atoms with Gasteiger partial charge in [0.25, 0.3) is 11.6 Å². The number of rotatable bonds is 8. The second kappa shape index (κ2) is 10.4. The summed E-state index contributed by atoms with van der Waals surface area (Å²) in [7, 11) is 0. The number of hydrogen-bond acceptors (Lipinski definition) is 7. The van der Waals surface area contributed by atoms with Gasteiger partial charge in [-0.05, 0) is 31.5 Å². The molecule has 2 aromatic carbocycles. The summed E-state index contributed by atoms with van der Waals surface area (Å²) in [5, 5.41) is 14.2. The summed E-state index contributed by atoms with van der Waals surface area (Å²) in [5.74, 6) is -2.40. The van der Waals surface area contributed by atoms with Crippen LogP contribution in [0.5, 0.6) is 0 Å². The number of hydrogen-bond donors (Lipinski definition) is 1. The fourth-order valence-electron chi connectivity index (χ4n) is 2.42. The molecule has 9 nitrogen and oxygen atoms in total. The van der Waals surface area contributed by atoms with Gasteiger partial charge < -0.3 is 14.8 Å². The van der Waals surface area contributed by atoms with E-state index in [9.17, 15) is 24.5 Å². The molecule has 0 aliphatic rings. The van der Waals surface area contributed by atoms with Gasteiger partial charge in [-0.25, -0.2) is 9.59 Å². The molecule has 1 unspecified atom stereocenters. The summed E-state index contributed by atoms with van der Waals surface area (Å²) in [6.07, 6.45) is -1.19. The van der Waals surface area contributed by atoms with Crippen LogP contribution < -0.4 is 5.32 Å². The summed E-state index contributed by atoms with van der Waals surface area (Å²) in [4.78, 5) is 46.9. The van der Waals surface area contributed by atoms with Crippen molar-refractivity contribution >= 4 is 35.1 Å². The highest BCUT2D eigenvalue weighted by atomic mass is 35.5. The van der Waals surface area contributed by atoms with Crippen molar-refractivity contribution in [1.82, 2.24) is 5.32 Å². The van der Waals surface area contributed by atoms with Crippen molar-refractivity contribution in [2.24, 2.45) is 0 Å². The van der Waals surface area contributed by atoms with E-state index in [1.54, 1.807) is 31.2 Å². The monoisotopic (exact) mass is 434 g/mol. The lowest BCUT2D eigenvalue weighted by molar-refractivity contribution is -0.384. The minimum Gasteiger partial charge on any atom is -0.462 e. The zero-order valence-electron chi connectivity index (χ0n) is 16.2. The van der Waals surface area contributed by atoms with Gasteiger partial charge in [-0.2, -0.15) is 0 Å². The molecule has 0 saturated heterocycles. The molecule has 0 saturated carbocycles. The molecule has 0 aromatic heterocycles. The highest BCUT2D eigenvalue weighted by Gasteiger charge is 2.23. The van der Waals surface area contributed by atoms with Crippen molar-refractivity contribution < 1.29 is 28.8 Å². The lowest BCUT2D eigenvalue weighted by atomic mass is 10.1. The minimum absolute atomic E-state index is 0.0595. The fraction of sp³-hybridized carbons (Fsp3) is 0.250. The van der Waals surface area contributed by atoms with Gasteiger partial charge in [-0.3, -0.25) is 14.9 Å². The van der Waals surface area contributed by atoms with Crippen LogP contribution in [0.2, 0.25) is 5.02 Å². The number of esters is 2. The number of halogens is 1. The van der Waals surface area contributed by atoms with E-state index >= 15 is 0 Å². The number of nitrogens with one attached hydrogen (secondary N) is 1. The second-order valence-electron chi connectivity index (χ2n) is 6.10. The Morgan fingerprint density at radius 3 is 2.37 bits per heavy atom. The zero-order chi connectivity index (χ0) is 22.3. The molecule has 158 valence electrons. The molecular weight excluding hydrogens is 416 g/mol. The van der Waals surface area contributed by atoms with Gasteiger partial charge in [0.1, 0.15) is 0 Å². The van der Waals surface area contributed by atoms with Crippen LogP contribution in [0.15, 0.2) is 42.5 Å². The van der Waals surface area contributed by atoms with Crippen molar-refractivity contribution in [3.63, 3.8) is 0 Å². The maximum Gasteiger partial charge on any atom is 0.339 e. The second-order valence-corrected chi connectivity index (χ2v) is 6.51. The lowest BCUT2D eigenvalue weighted by Gasteiger charge is -2.14. The number of nitrogens with zero attached hydrogens (tertiary/aromatic N) is 1. The van der Waals surface area contributed by atoms with E-state index in [-0.39, 0.29) is 24.3 Å². The van der Waals surface area contributed by atoms with E-state index in [1.807, 2.05) is 0 Å². The van der Waals surface area contributed by atoms with Gasteiger partial charge >= 0.3 is 11.9 Å². The molecule has 10 heteroatoms. The van der Waals surface area contributed by atoms with Gasteiger partial charge in [0.2, 0.25) is 0 Å².